The van der Waals surface area contributed by atoms with Crippen LogP contribution in [0.3, 0.4) is 0 Å². The van der Waals surface area contributed by atoms with E-state index in [0.29, 0.717) is 75.6 Å². The van der Waals surface area contributed by atoms with Crippen LogP contribution in [0.1, 0.15) is 77.0 Å². The van der Waals surface area contributed by atoms with Gasteiger partial charge in [0.25, 0.3) is 0 Å². The van der Waals surface area contributed by atoms with Crippen molar-refractivity contribution in [3.63, 3.8) is 0 Å². The van der Waals surface area contributed by atoms with Gasteiger partial charge in [-0.2, -0.15) is 0 Å². The number of nitrogens with one attached hydrogen (secondary N) is 8. The highest BCUT2D eigenvalue weighted by Gasteiger charge is 2.28. The molecule has 26 nitrogen and oxygen atoms in total. The molecule has 8 N–H and O–H groups in total. The minimum absolute atomic E-state index is 0.517. The van der Waals surface area contributed by atoms with Crippen LogP contribution < -0.4 is 57.2 Å². The van der Waals surface area contributed by atoms with Crippen molar-refractivity contribution < 1.29 is 0 Å². The largest absolute Gasteiger partial charge is 0.368 e. The maximum Gasteiger partial charge on any atom is 0.227 e. The lowest BCUT2D eigenvalue weighted by Crippen LogP contribution is -2.44. The Kier molecular flexibility index (Phi) is 28.0. The third-order valence-corrected chi connectivity index (χ3v) is 24.8. The topological polar surface area (TPSA) is 270 Å². The Balaban J connectivity index is 0.000000124. The van der Waals surface area contributed by atoms with Crippen LogP contribution in [-0.4, -0.2) is 195 Å². The van der Waals surface area contributed by atoms with Crippen LogP contribution in [0.4, 0.5) is 86.6 Å². The second kappa shape index (κ2) is 39.9. The molecular formula is C92H96Cl4N26S4. The van der Waals surface area contributed by atoms with Gasteiger partial charge in [0.1, 0.15) is 11.6 Å². The average Bonchev–Trinajstić information content (AvgIpc) is 1.66. The fourth-order valence-electron chi connectivity index (χ4n) is 16.0. The Morgan fingerprint density at radius 1 is 0.413 bits per heavy atom. The molecule has 19 rings (SSSR count). The second-order valence-electron chi connectivity index (χ2n) is 32.5. The van der Waals surface area contributed by atoms with Crippen LogP contribution in [0.25, 0.3) is 45.0 Å². The summed E-state index contributed by atoms with van der Waals surface area (Å²) < 4.78 is 0. The Morgan fingerprint density at radius 2 is 0.833 bits per heavy atom. The van der Waals surface area contributed by atoms with Crippen LogP contribution in [0.5, 0.6) is 0 Å². The minimum Gasteiger partial charge on any atom is -0.368 e. The van der Waals surface area contributed by atoms with Gasteiger partial charge in [-0.3, -0.25) is 9.97 Å². The highest BCUT2D eigenvalue weighted by atomic mass is 35.5. The number of thiocarbonyl (C=S) groups is 4. The van der Waals surface area contributed by atoms with E-state index in [1.807, 2.05) is 131 Å². The van der Waals surface area contributed by atoms with Crippen molar-refractivity contribution >= 4 is 202 Å². The first-order valence-electron chi connectivity index (χ1n) is 41.9. The summed E-state index contributed by atoms with van der Waals surface area (Å²) in [7, 11) is 10.6. The molecule has 0 amide bonds. The number of aryl methyl sites for hydroxylation is 4. The smallest absolute Gasteiger partial charge is 0.227 e. The molecule has 12 aromatic rings. The highest BCUT2D eigenvalue weighted by Crippen LogP contribution is 2.42. The molecule has 0 saturated carbocycles. The van der Waals surface area contributed by atoms with E-state index in [9.17, 15) is 0 Å². The van der Waals surface area contributed by atoms with Gasteiger partial charge in [-0.1, -0.05) is 95.3 Å². The number of anilines is 15. The summed E-state index contributed by atoms with van der Waals surface area (Å²) in [6.07, 6.45) is 22.1. The average molecular weight is 1840 g/mol. The zero-order valence-electron chi connectivity index (χ0n) is 71.1. The molecule has 3 saturated heterocycles. The third kappa shape index (κ3) is 21.8. The normalized spacial score (nSPS) is 15.2. The molecule has 34 heteroatoms. The number of likely N-dealkylation sites (N-methyl/N-ethyl adjacent to an activating group) is 1. The van der Waals surface area contributed by atoms with E-state index in [2.05, 4.69) is 173 Å². The number of piperazine rings is 1. The number of nitrogens with zero attached hydrogens (tertiary/aromatic N) is 18. The molecule has 3 fully saturated rings. The van der Waals surface area contributed by atoms with Crippen molar-refractivity contribution in [2.45, 2.75) is 91.0 Å². The molecular weight excluding hydrogens is 1740 g/mol. The molecule has 646 valence electrons. The number of aromatic nitrogens is 12. The number of piperidine rings is 1. The van der Waals surface area contributed by atoms with Crippen molar-refractivity contribution in [1.29, 1.82) is 0 Å². The Morgan fingerprint density at radius 3 is 1.27 bits per heavy atom. The fourth-order valence-corrected chi connectivity index (χ4v) is 17.8. The van der Waals surface area contributed by atoms with Gasteiger partial charge in [-0.15, -0.1) is 0 Å². The first-order chi connectivity index (χ1) is 60.9. The predicted molar refractivity (Wildman–Crippen MR) is 531 cm³/mol. The van der Waals surface area contributed by atoms with Crippen LogP contribution in [0.15, 0.2) is 153 Å². The molecule has 7 aliphatic rings. The zero-order valence-corrected chi connectivity index (χ0v) is 77.4. The summed E-state index contributed by atoms with van der Waals surface area (Å²) in [5.74, 6) is 4.12. The maximum absolute atomic E-state index is 6.21. The van der Waals surface area contributed by atoms with Crippen LogP contribution >= 0.6 is 95.3 Å². The molecule has 0 unspecified atom stereocenters. The molecule has 4 aromatic carbocycles. The van der Waals surface area contributed by atoms with Gasteiger partial charge in [-0.05, 0) is 222 Å². The van der Waals surface area contributed by atoms with E-state index in [4.69, 9.17) is 125 Å². The van der Waals surface area contributed by atoms with Crippen LogP contribution in [0, 0.1) is 20.8 Å². The van der Waals surface area contributed by atoms with Crippen molar-refractivity contribution in [1.82, 2.24) is 74.5 Å². The molecule has 7 aliphatic heterocycles. The van der Waals surface area contributed by atoms with Crippen molar-refractivity contribution in [2.75, 3.05) is 151 Å². The number of fused-ring (bicyclic) bond motifs is 12. The van der Waals surface area contributed by atoms with E-state index in [1.54, 1.807) is 6.20 Å². The van der Waals surface area contributed by atoms with E-state index in [1.165, 1.54) is 18.4 Å². The maximum atomic E-state index is 6.21. The number of benzene rings is 4. The Hall–Kier alpha value is -11.0. The molecule has 0 atom stereocenters. The lowest BCUT2D eigenvalue weighted by molar-refractivity contribution is 0.252. The summed E-state index contributed by atoms with van der Waals surface area (Å²) in [6.45, 7) is 15.5. The second-order valence-corrected chi connectivity index (χ2v) is 36.2. The molecule has 0 bridgehead atoms. The van der Waals surface area contributed by atoms with E-state index in [-0.39, 0.29) is 0 Å². The van der Waals surface area contributed by atoms with Gasteiger partial charge >= 0.3 is 0 Å². The number of hydrogen-bond acceptors (Lipinski definition) is 26. The SMILES string of the molecule is CN1CCN(c2cncc(Nc3ncc4c(n3)-c3ccc(Cl)cc3NC(=S)C4)c2)CC1.Cc1nc(N(C)C2CCN(C)CC2)ccc1Nc1ncc2c(n1)-c1ccc(Cl)cc1NC(=S)C2.Cc1nc(N2CCCC2)ccc1Nc1ncc2c(n1)-c1ccc(Cl)cc1NC(=S)C2.Cc1ncc(CCCN(C)C)cc1Nc1ncc2c(n1)-c1ccc(Cl)cc1NC(=S)C2. The lowest BCUT2D eigenvalue weighted by atomic mass is 10.0. The van der Waals surface area contributed by atoms with Crippen LogP contribution in [-0.2, 0) is 32.1 Å². The third-order valence-electron chi connectivity index (χ3n) is 22.9. The van der Waals surface area contributed by atoms with Crippen LogP contribution in [0.2, 0.25) is 20.1 Å². The Bertz CT molecular complexity index is 6120. The van der Waals surface area contributed by atoms with Gasteiger partial charge in [0.2, 0.25) is 23.8 Å². The highest BCUT2D eigenvalue weighted by molar-refractivity contribution is 7.81. The number of hydrogen-bond donors (Lipinski definition) is 8. The molecule has 0 spiro atoms. The van der Waals surface area contributed by atoms with Gasteiger partial charge < -0.3 is 71.9 Å². The lowest BCUT2D eigenvalue weighted by Gasteiger charge is -2.35. The number of rotatable bonds is 16. The summed E-state index contributed by atoms with van der Waals surface area (Å²) in [6, 6.07) is 35.8. The van der Waals surface area contributed by atoms with Crippen molar-refractivity contribution in [3.8, 4) is 45.0 Å². The molecule has 8 aromatic heterocycles. The number of halogens is 4. The van der Waals surface area contributed by atoms with Crippen molar-refractivity contribution in [2.24, 2.45) is 0 Å². The first-order valence-corrected chi connectivity index (χ1v) is 45.0. The predicted octanol–water partition coefficient (Wildman–Crippen LogP) is 19.2. The number of likely N-dealkylation sites (tertiary alicyclic amines) is 1. The summed E-state index contributed by atoms with van der Waals surface area (Å²) in [4.78, 5) is 72.8. The molecule has 15 heterocycles. The van der Waals surface area contributed by atoms with E-state index in [0.717, 1.165) is 252 Å². The quantitative estimate of drug-likeness (QED) is 0.0418. The minimum atomic E-state index is 0.517. The van der Waals surface area contributed by atoms with E-state index < -0.39 is 0 Å². The monoisotopic (exact) mass is 1830 g/mol. The molecule has 126 heavy (non-hydrogen) atoms. The van der Waals surface area contributed by atoms with Crippen molar-refractivity contribution in [3.05, 3.63) is 218 Å². The Labute approximate surface area is 775 Å². The zero-order chi connectivity index (χ0) is 87.8. The summed E-state index contributed by atoms with van der Waals surface area (Å²) in [5.41, 5.74) is 23.2. The molecule has 0 radical (unpaired) electrons. The standard InChI is InChI=1S/C25H28ClN7S.C23H25ClN6S.C22H22ClN7S.C22H21ClN6S/c1-15-20(6-7-22(28-15)33(3)18-8-10-32(2)11-9-18)30-25-27-14-16-12-23(34)29-21-13-17(26)4-5-19(21)24(16)31-25;1-14-19(9-15(12-25-14)5-4-8-30(2)3)28-23-26-13-16-10-21(31)27-20-11-17(24)6-7-18(20)22(16)29-23;1-29-4-6-30(7-5-29)17-10-16(12-24-13-17)26-22-25-11-14-8-20(31)27-19-9-15(23)2-3-18(19)21(14)28-22;1-13-17(6-7-19(25-13)29-8-2-3-9-29)27-22-24-12-14-10-20(30)26-18-11-15(23)4-5-16(18)21(14)28-22/h4-7,13-14,18H,8-12H2,1-3H3,(H,29,34)(H,27,30,31);6-7,9,11-13H,4-5,8,10H2,1-3H3,(H,27,31)(H,26,28,29);2-3,9-13H,4-8H2,1H3,(H,27,31)(H,25,26,28);4-7,11-12H,2-3,8-10H2,1H3,(H,26,30)(H,24,27,28). The molecule has 0 aliphatic carbocycles. The fraction of sp³-hybridized carbons (Fsp3) is 0.304. The number of pyridine rings is 4. The van der Waals surface area contributed by atoms with E-state index >= 15 is 0 Å². The first kappa shape index (κ1) is 88.4. The van der Waals surface area contributed by atoms with Gasteiger partial charge in [0.15, 0.2) is 0 Å². The summed E-state index contributed by atoms with van der Waals surface area (Å²) in [5, 5.41) is 29.0. The van der Waals surface area contributed by atoms with Gasteiger partial charge in [0.05, 0.1) is 101 Å². The van der Waals surface area contributed by atoms with Gasteiger partial charge in [-0.25, -0.2) is 49.8 Å². The van der Waals surface area contributed by atoms with Gasteiger partial charge in [0, 0.05) is 196 Å². The summed E-state index contributed by atoms with van der Waals surface area (Å²) >= 11 is 46.7.